The highest BCUT2D eigenvalue weighted by Gasteiger charge is 2.36. The van der Waals surface area contributed by atoms with Crippen molar-refractivity contribution >= 4 is 27.3 Å². The van der Waals surface area contributed by atoms with Crippen molar-refractivity contribution < 1.29 is 26.7 Å². The molecule has 2 rings (SSSR count). The van der Waals surface area contributed by atoms with E-state index in [-0.39, 0.29) is 10.8 Å². The van der Waals surface area contributed by atoms with Gasteiger partial charge in [-0.15, -0.1) is 0 Å². The number of benzene rings is 1. The number of hydrogen-bond donors (Lipinski definition) is 3. The zero-order chi connectivity index (χ0) is 21.3. The van der Waals surface area contributed by atoms with E-state index in [1.165, 1.54) is 45.0 Å². The average Bonchev–Trinajstić information content (AvgIpc) is 2.52. The van der Waals surface area contributed by atoms with Crippen molar-refractivity contribution in [3.05, 3.63) is 36.0 Å². The van der Waals surface area contributed by atoms with Gasteiger partial charge in [-0.25, -0.2) is 13.4 Å². The van der Waals surface area contributed by atoms with Crippen LogP contribution in [0.25, 0.3) is 0 Å². The lowest BCUT2D eigenvalue weighted by Crippen LogP contribution is -2.40. The number of aliphatic hydroxyl groups is 1. The molecule has 0 spiro atoms. The Bertz CT molecular complexity index is 940. The van der Waals surface area contributed by atoms with E-state index in [2.05, 4.69) is 20.6 Å². The predicted octanol–water partition coefficient (Wildman–Crippen LogP) is 3.21. The van der Waals surface area contributed by atoms with Gasteiger partial charge >= 0.3 is 6.18 Å². The van der Waals surface area contributed by atoms with Crippen LogP contribution >= 0.6 is 0 Å². The van der Waals surface area contributed by atoms with E-state index >= 15 is 0 Å². The lowest BCUT2D eigenvalue weighted by Gasteiger charge is -2.28. The topological polar surface area (TPSA) is 104 Å². The normalized spacial score (nSPS) is 13.9. The third-order valence-corrected chi connectivity index (χ3v) is 5.17. The number of nitrogens with zero attached hydrogens (tertiary/aromatic N) is 2. The van der Waals surface area contributed by atoms with Crippen molar-refractivity contribution in [3.63, 3.8) is 0 Å². The van der Waals surface area contributed by atoms with Gasteiger partial charge < -0.3 is 15.7 Å². The van der Waals surface area contributed by atoms with Gasteiger partial charge in [-0.1, -0.05) is 0 Å². The van der Waals surface area contributed by atoms with Crippen LogP contribution in [0.15, 0.2) is 35.4 Å². The van der Waals surface area contributed by atoms with Crippen LogP contribution in [0.2, 0.25) is 0 Å². The van der Waals surface area contributed by atoms with Gasteiger partial charge in [0.05, 0.1) is 16.5 Å². The molecule has 0 unspecified atom stereocenters. The highest BCUT2D eigenvalue weighted by Crippen LogP contribution is 2.35. The maximum Gasteiger partial charge on any atom is 0.421 e. The van der Waals surface area contributed by atoms with Gasteiger partial charge in [-0.3, -0.25) is 0 Å². The molecule has 1 heterocycles. The number of halogens is 3. The smallest absolute Gasteiger partial charge is 0.388 e. The number of alkyl halides is 3. The molecule has 1 aromatic heterocycles. The zero-order valence-corrected chi connectivity index (χ0v) is 16.5. The standard InChI is InChI=1S/C17H21F3N4O3S/c1-10(16(2,3)25)22-14-13(17(18,19)20)9-21-15(24-14)23-11-5-7-12(8-6-11)28(4,26)27/h5-10,25H,1-4H3,(H2,21,22,23,24)/t10-/m1/s1. The summed E-state index contributed by atoms with van der Waals surface area (Å²) in [6, 6.07) is 4.88. The van der Waals surface area contributed by atoms with E-state index in [0.29, 0.717) is 11.9 Å². The van der Waals surface area contributed by atoms with E-state index in [1.54, 1.807) is 0 Å². The third kappa shape index (κ3) is 5.55. The summed E-state index contributed by atoms with van der Waals surface area (Å²) in [5.74, 6) is -0.599. The Morgan fingerprint density at radius 3 is 2.18 bits per heavy atom. The highest BCUT2D eigenvalue weighted by molar-refractivity contribution is 7.90. The molecule has 0 radical (unpaired) electrons. The van der Waals surface area contributed by atoms with E-state index in [0.717, 1.165) is 6.26 Å². The lowest BCUT2D eigenvalue weighted by atomic mass is 10.0. The Kier molecular flexibility index (Phi) is 5.90. The molecule has 0 bridgehead atoms. The van der Waals surface area contributed by atoms with Crippen molar-refractivity contribution in [2.24, 2.45) is 0 Å². The number of nitrogens with one attached hydrogen (secondary N) is 2. The Morgan fingerprint density at radius 2 is 1.71 bits per heavy atom. The maximum atomic E-state index is 13.3. The summed E-state index contributed by atoms with van der Waals surface area (Å²) in [5, 5.41) is 15.3. The monoisotopic (exact) mass is 418 g/mol. The summed E-state index contributed by atoms with van der Waals surface area (Å²) in [6.07, 6.45) is -2.98. The summed E-state index contributed by atoms with van der Waals surface area (Å²) in [4.78, 5) is 7.66. The fourth-order valence-corrected chi connectivity index (χ4v) is 2.69. The van der Waals surface area contributed by atoms with Crippen LogP contribution < -0.4 is 10.6 Å². The van der Waals surface area contributed by atoms with Crippen molar-refractivity contribution in [3.8, 4) is 0 Å². The van der Waals surface area contributed by atoms with Crippen LogP contribution in [0.3, 0.4) is 0 Å². The maximum absolute atomic E-state index is 13.3. The van der Waals surface area contributed by atoms with E-state index in [4.69, 9.17) is 0 Å². The van der Waals surface area contributed by atoms with Gasteiger partial charge in [-0.2, -0.15) is 18.2 Å². The second-order valence-electron chi connectivity index (χ2n) is 6.89. The molecule has 2 aromatic rings. The number of rotatable bonds is 6. The summed E-state index contributed by atoms with van der Waals surface area (Å²) >= 11 is 0. The fourth-order valence-electron chi connectivity index (χ4n) is 2.06. The molecule has 11 heteroatoms. The van der Waals surface area contributed by atoms with E-state index in [1.807, 2.05) is 0 Å². The van der Waals surface area contributed by atoms with Gasteiger partial charge in [0.2, 0.25) is 5.95 Å². The number of anilines is 3. The van der Waals surface area contributed by atoms with Crippen molar-refractivity contribution in [2.75, 3.05) is 16.9 Å². The molecule has 1 aromatic carbocycles. The lowest BCUT2D eigenvalue weighted by molar-refractivity contribution is -0.137. The second kappa shape index (κ2) is 7.55. The molecule has 0 aliphatic carbocycles. The van der Waals surface area contributed by atoms with Crippen molar-refractivity contribution in [2.45, 2.75) is 43.5 Å². The first-order chi connectivity index (χ1) is 12.7. The van der Waals surface area contributed by atoms with Crippen LogP contribution in [-0.4, -0.2) is 41.4 Å². The number of hydrogen-bond acceptors (Lipinski definition) is 7. The molecule has 0 fully saturated rings. The Balaban J connectivity index is 2.34. The SMILES string of the molecule is C[C@@H](Nc1nc(Nc2ccc(S(C)(=O)=O)cc2)ncc1C(F)(F)F)C(C)(C)O. The molecule has 3 N–H and O–H groups in total. The van der Waals surface area contributed by atoms with Crippen LogP contribution in [0.5, 0.6) is 0 Å². The quantitative estimate of drug-likeness (QED) is 0.662. The molecule has 28 heavy (non-hydrogen) atoms. The fraction of sp³-hybridized carbons (Fsp3) is 0.412. The van der Waals surface area contributed by atoms with Crippen LogP contribution in [0.4, 0.5) is 30.6 Å². The van der Waals surface area contributed by atoms with E-state index < -0.39 is 39.0 Å². The van der Waals surface area contributed by atoms with Crippen molar-refractivity contribution in [1.82, 2.24) is 9.97 Å². The molecule has 1 atom stereocenters. The second-order valence-corrected chi connectivity index (χ2v) is 8.91. The predicted molar refractivity (Wildman–Crippen MR) is 99.3 cm³/mol. The van der Waals surface area contributed by atoms with Gasteiger partial charge in [0.1, 0.15) is 11.4 Å². The Hall–Kier alpha value is -2.40. The molecule has 7 nitrogen and oxygen atoms in total. The largest absolute Gasteiger partial charge is 0.421 e. The molecular weight excluding hydrogens is 397 g/mol. The minimum absolute atomic E-state index is 0.104. The van der Waals surface area contributed by atoms with Gasteiger partial charge in [-0.05, 0) is 45.0 Å². The van der Waals surface area contributed by atoms with Gasteiger partial charge in [0, 0.05) is 18.1 Å². The molecule has 0 saturated heterocycles. The summed E-state index contributed by atoms with van der Waals surface area (Å²) in [5.41, 5.74) is -1.96. The first-order valence-corrected chi connectivity index (χ1v) is 10.1. The molecule has 154 valence electrons. The highest BCUT2D eigenvalue weighted by atomic mass is 32.2. The van der Waals surface area contributed by atoms with Gasteiger partial charge in [0.25, 0.3) is 0 Å². The van der Waals surface area contributed by atoms with E-state index in [9.17, 15) is 26.7 Å². The van der Waals surface area contributed by atoms with Crippen molar-refractivity contribution in [1.29, 1.82) is 0 Å². The molecule has 0 aliphatic heterocycles. The molecule has 0 amide bonds. The third-order valence-electron chi connectivity index (χ3n) is 4.05. The number of aromatic nitrogens is 2. The Morgan fingerprint density at radius 1 is 1.14 bits per heavy atom. The molecule has 0 saturated carbocycles. The first-order valence-electron chi connectivity index (χ1n) is 8.18. The zero-order valence-electron chi connectivity index (χ0n) is 15.7. The van der Waals surface area contributed by atoms with Gasteiger partial charge in [0.15, 0.2) is 9.84 Å². The van der Waals surface area contributed by atoms with Crippen LogP contribution in [0.1, 0.15) is 26.3 Å². The summed E-state index contributed by atoms with van der Waals surface area (Å²) in [6.45, 7) is 4.45. The van der Waals surface area contributed by atoms with Crippen LogP contribution in [0, 0.1) is 0 Å². The molecule has 0 aliphatic rings. The summed E-state index contributed by atoms with van der Waals surface area (Å²) in [7, 11) is -3.37. The average molecular weight is 418 g/mol. The molecular formula is C17H21F3N4O3S. The minimum Gasteiger partial charge on any atom is -0.388 e. The summed E-state index contributed by atoms with van der Waals surface area (Å²) < 4.78 is 62.7. The van der Waals surface area contributed by atoms with Crippen LogP contribution in [-0.2, 0) is 16.0 Å². The minimum atomic E-state index is -4.68. The first kappa shape index (κ1) is 21.9. The Labute approximate surface area is 160 Å². The number of sulfone groups is 1.